The van der Waals surface area contributed by atoms with Crippen molar-refractivity contribution in [1.29, 1.82) is 5.26 Å². The van der Waals surface area contributed by atoms with E-state index in [4.69, 9.17) is 51.7 Å². The fraction of sp³-hybridized carbons (Fsp3) is 0.455. The van der Waals surface area contributed by atoms with Gasteiger partial charge in [0.05, 0.1) is 6.61 Å². The van der Waals surface area contributed by atoms with Gasteiger partial charge in [-0.3, -0.25) is 14.4 Å². The van der Waals surface area contributed by atoms with Crippen molar-refractivity contribution in [1.82, 2.24) is 0 Å². The van der Waals surface area contributed by atoms with E-state index in [0.29, 0.717) is 48.1 Å². The van der Waals surface area contributed by atoms with Crippen LogP contribution in [0.2, 0.25) is 0 Å². The standard InChI is InChI=1S/C25H33NO2.C16H18N2O2.C8H14O.2C2HF3O2.CBNPS.CH4/c1-18-16-22(28-15-5-6-19-11-13-25(2,3)14-12-19)9-10-23(18)20-7-4-8-21(17-20)24(26)27;1-11-9-14(20-8-7-17)5-6-15(11)12-3-2-4-13(10-12)16(18)19;1-8(2)5-3-7(9)4-6-8;2*3-2(4,5)1(6)7;3-1-2-4-5;/h4,7-10,16-17,19H,5-6,11-15H2,1-3H3,(H2,26,27);2-6,9-10H,7-8,17H2,1H3,(H2,18,19);3-6H2,1-2H3;2*(H,6,7);;1H4. The number of hydrogen-bond acceptors (Lipinski definition) is 10. The molecule has 0 saturated heterocycles. The molecule has 2 amide bonds. The third-order valence-corrected chi connectivity index (χ3v) is 12.5. The number of hydrogen-bond donors (Lipinski definition) is 5. The van der Waals surface area contributed by atoms with Gasteiger partial charge < -0.3 is 36.9 Å². The minimum atomic E-state index is -5.08. The van der Waals surface area contributed by atoms with Crippen molar-refractivity contribution in [3.8, 4) is 39.7 Å². The molecule has 4 aromatic carbocycles. The number of rotatable bonds is 13. The van der Waals surface area contributed by atoms with Crippen LogP contribution in [0.5, 0.6) is 11.5 Å². The summed E-state index contributed by atoms with van der Waals surface area (Å²) in [7, 11) is 0.627. The molecule has 2 fully saturated rings. The molecule has 2 aliphatic carbocycles. The van der Waals surface area contributed by atoms with Gasteiger partial charge >= 0.3 is 31.3 Å². The van der Waals surface area contributed by atoms with Gasteiger partial charge in [0, 0.05) is 36.5 Å². The van der Waals surface area contributed by atoms with Gasteiger partial charge in [0.1, 0.15) is 23.9 Å². The summed E-state index contributed by atoms with van der Waals surface area (Å²) >= 11 is 4.35. The maximum atomic E-state index is 11.4. The number of benzene rings is 4. The van der Waals surface area contributed by atoms with Crippen molar-refractivity contribution in [3.05, 3.63) is 107 Å². The van der Waals surface area contributed by atoms with Crippen LogP contribution in [-0.2, 0) is 26.2 Å². The van der Waals surface area contributed by atoms with Crippen LogP contribution >= 0.6 is 7.23 Å². The Labute approximate surface area is 455 Å². The van der Waals surface area contributed by atoms with Gasteiger partial charge in [-0.1, -0.05) is 90.6 Å². The zero-order valence-electron chi connectivity index (χ0n) is 43.5. The van der Waals surface area contributed by atoms with Crippen molar-refractivity contribution in [2.75, 3.05) is 19.8 Å². The van der Waals surface area contributed by atoms with Gasteiger partial charge in [-0.15, -0.1) is 0 Å². The van der Waals surface area contributed by atoms with Crippen LogP contribution in [0.25, 0.3) is 22.3 Å². The fourth-order valence-electron chi connectivity index (χ4n) is 7.50. The van der Waals surface area contributed by atoms with E-state index in [1.807, 2.05) is 61.5 Å². The summed E-state index contributed by atoms with van der Waals surface area (Å²) in [5, 5.41) is 21.9. The van der Waals surface area contributed by atoms with Crippen LogP contribution in [0.3, 0.4) is 0 Å². The number of carboxylic acid groups (broad SMARTS) is 2. The largest absolute Gasteiger partial charge is 0.494 e. The second-order valence-electron chi connectivity index (χ2n) is 19.3. The summed E-state index contributed by atoms with van der Waals surface area (Å²) in [6, 6.07) is 26.7. The quantitative estimate of drug-likeness (QED) is 0.0363. The van der Waals surface area contributed by atoms with Crippen LogP contribution in [-0.4, -0.2) is 78.9 Å². The average Bonchev–Trinajstić information content (AvgIpc) is 3.34. The molecule has 22 heteroatoms. The summed E-state index contributed by atoms with van der Waals surface area (Å²) in [4.78, 5) is 51.2. The number of primary amides is 2. The molecule has 2 aliphatic rings. The Hall–Kier alpha value is -6.36. The Morgan fingerprint density at radius 1 is 0.714 bits per heavy atom. The lowest BCUT2D eigenvalue weighted by Gasteiger charge is -2.34. The number of Topliss-reactive ketones (excluding diaryl/α,β-unsaturated/α-hetero) is 1. The lowest BCUT2D eigenvalue weighted by atomic mass is 9.72. The number of alkyl halides is 6. The molecular formula is C55H71BF6N4O9PS. The van der Waals surface area contributed by atoms with Gasteiger partial charge in [0.25, 0.3) is 0 Å². The van der Waals surface area contributed by atoms with Gasteiger partial charge in [0.15, 0.2) is 0 Å². The van der Waals surface area contributed by atoms with Crippen molar-refractivity contribution >= 4 is 55.6 Å². The van der Waals surface area contributed by atoms with Crippen LogP contribution in [0, 0.1) is 41.8 Å². The predicted molar refractivity (Wildman–Crippen MR) is 292 cm³/mol. The first-order chi connectivity index (χ1) is 35.4. The molecule has 421 valence electrons. The Morgan fingerprint density at radius 3 is 1.42 bits per heavy atom. The molecule has 0 aromatic heterocycles. The van der Waals surface area contributed by atoms with Gasteiger partial charge in [-0.05, 0) is 164 Å². The van der Waals surface area contributed by atoms with E-state index < -0.39 is 36.1 Å². The third-order valence-electron chi connectivity index (χ3n) is 11.9. The number of aliphatic carboxylic acids is 2. The van der Waals surface area contributed by atoms with E-state index in [-0.39, 0.29) is 7.43 Å². The number of carbonyl (C=O) groups is 5. The summed E-state index contributed by atoms with van der Waals surface area (Å²) in [6.07, 6.45) is 1.47. The number of aryl methyl sites for hydroxylation is 2. The topological polar surface area (TPSA) is 246 Å². The highest BCUT2D eigenvalue weighted by Crippen LogP contribution is 2.40. The summed E-state index contributed by atoms with van der Waals surface area (Å²) < 4.78 is 75.0. The van der Waals surface area contributed by atoms with E-state index in [2.05, 4.69) is 58.6 Å². The molecule has 0 aliphatic heterocycles. The van der Waals surface area contributed by atoms with Gasteiger partial charge in [0.2, 0.25) is 11.8 Å². The molecule has 6 rings (SSSR count). The number of ketones is 1. The molecule has 1 radical (unpaired) electrons. The molecule has 0 unspecified atom stereocenters. The number of carbonyl (C=O) groups excluding carboxylic acids is 3. The van der Waals surface area contributed by atoms with E-state index in [9.17, 15) is 40.7 Å². The number of nitriles is 1. The van der Waals surface area contributed by atoms with E-state index in [0.717, 1.165) is 89.5 Å². The molecule has 0 heterocycles. The minimum Gasteiger partial charge on any atom is -0.494 e. The minimum absolute atomic E-state index is 0. The molecular weight excluding hydrogens is 1050 g/mol. The second-order valence-corrected chi connectivity index (χ2v) is 20.4. The average molecular weight is 1120 g/mol. The maximum Gasteiger partial charge on any atom is 0.490 e. The Morgan fingerprint density at radius 2 is 1.10 bits per heavy atom. The number of nitrogens with zero attached hydrogens (tertiary/aromatic N) is 1. The Balaban J connectivity index is 0.00000102. The highest BCUT2D eigenvalue weighted by molar-refractivity contribution is 8.09. The fourth-order valence-corrected chi connectivity index (χ4v) is 7.68. The molecule has 0 spiro atoms. The molecule has 0 bridgehead atoms. The van der Waals surface area contributed by atoms with Gasteiger partial charge in [-0.2, -0.15) is 26.3 Å². The third kappa shape index (κ3) is 29.1. The van der Waals surface area contributed by atoms with Crippen LogP contribution < -0.4 is 26.7 Å². The Kier molecular flexibility index (Phi) is 31.6. The van der Waals surface area contributed by atoms with Crippen LogP contribution in [0.1, 0.15) is 131 Å². The number of ether oxygens (including phenoxy) is 2. The summed E-state index contributed by atoms with van der Waals surface area (Å²) in [6.45, 7) is 16.4. The predicted octanol–water partition coefficient (Wildman–Crippen LogP) is 12.8. The van der Waals surface area contributed by atoms with Gasteiger partial charge in [-0.25, -0.2) is 14.9 Å². The number of carboxylic acids is 2. The molecule has 77 heavy (non-hydrogen) atoms. The van der Waals surface area contributed by atoms with E-state index >= 15 is 0 Å². The van der Waals surface area contributed by atoms with E-state index in [1.54, 1.807) is 24.2 Å². The van der Waals surface area contributed by atoms with Crippen molar-refractivity contribution in [2.24, 2.45) is 33.9 Å². The maximum absolute atomic E-state index is 11.4. The second kappa shape index (κ2) is 34.4. The SMILES string of the molecule is C.CC1(C)CCC(=O)CC1.Cc1cc(OCCCC2CCC(C)(C)CC2)ccc1-c1cccc(C(N)=O)c1.Cc1cc(OCCN)ccc1-c1cccc(C(N)=O)c1.N#C[B]P=S.O=C(O)C(F)(F)F.O=C(O)C(F)(F)F. The zero-order chi connectivity index (χ0) is 57.9. The molecule has 0 atom stereocenters. The molecule has 4 aromatic rings. The monoisotopic (exact) mass is 1120 g/mol. The molecule has 13 nitrogen and oxygen atoms in total. The lowest BCUT2D eigenvalue weighted by molar-refractivity contribution is -0.193. The summed E-state index contributed by atoms with van der Waals surface area (Å²) in [5.41, 5.74) is 24.4. The molecule has 2 saturated carbocycles. The zero-order valence-corrected chi connectivity index (χ0v) is 45.2. The lowest BCUT2D eigenvalue weighted by Crippen LogP contribution is -2.21. The van der Waals surface area contributed by atoms with Crippen LogP contribution in [0.4, 0.5) is 26.3 Å². The van der Waals surface area contributed by atoms with Crippen LogP contribution in [0.15, 0.2) is 84.9 Å². The van der Waals surface area contributed by atoms with Crippen molar-refractivity contribution in [3.63, 3.8) is 0 Å². The highest BCUT2D eigenvalue weighted by atomic mass is 32.4. The number of nitrogens with two attached hydrogens (primary N) is 3. The first-order valence-corrected chi connectivity index (χ1v) is 26.0. The first-order valence-electron chi connectivity index (χ1n) is 24.0. The highest BCUT2D eigenvalue weighted by Gasteiger charge is 2.39. The number of amides is 2. The van der Waals surface area contributed by atoms with Crippen molar-refractivity contribution < 1.29 is 70.0 Å². The molecule has 8 N–H and O–H groups in total. The smallest absolute Gasteiger partial charge is 0.490 e. The Bertz CT molecular complexity index is 2550. The number of halogens is 6. The van der Waals surface area contributed by atoms with Crippen molar-refractivity contribution in [2.45, 2.75) is 126 Å². The first kappa shape index (κ1) is 70.6. The van der Waals surface area contributed by atoms with E-state index in [1.165, 1.54) is 39.1 Å². The normalized spacial score (nSPS) is 14.3. The summed E-state index contributed by atoms with van der Waals surface area (Å²) in [5.74, 6) is -1.53.